The van der Waals surface area contributed by atoms with Crippen LogP contribution in [0.4, 0.5) is 11.4 Å². The van der Waals surface area contributed by atoms with Crippen molar-refractivity contribution in [2.45, 2.75) is 12.5 Å². The third-order valence-electron chi connectivity index (χ3n) is 4.01. The van der Waals surface area contributed by atoms with E-state index in [1.54, 1.807) is 24.3 Å². The lowest BCUT2D eigenvalue weighted by atomic mass is 10.2. The zero-order valence-corrected chi connectivity index (χ0v) is 14.5. The van der Waals surface area contributed by atoms with Crippen LogP contribution in [0.25, 0.3) is 0 Å². The van der Waals surface area contributed by atoms with Crippen LogP contribution in [0.3, 0.4) is 0 Å². The summed E-state index contributed by atoms with van der Waals surface area (Å²) in [6, 6.07) is 9.88. The molecule has 2 aromatic rings. The van der Waals surface area contributed by atoms with Crippen molar-refractivity contribution in [2.75, 3.05) is 17.3 Å². The van der Waals surface area contributed by atoms with Crippen molar-refractivity contribution in [3.8, 4) is 5.75 Å². The monoisotopic (exact) mass is 374 g/mol. The molecule has 2 aromatic carbocycles. The first kappa shape index (κ1) is 17.8. The van der Waals surface area contributed by atoms with Crippen molar-refractivity contribution in [3.63, 3.8) is 0 Å². The highest BCUT2D eigenvalue weighted by Gasteiger charge is 2.39. The Bertz CT molecular complexity index is 882. The van der Waals surface area contributed by atoms with Gasteiger partial charge in [0.05, 0.1) is 29.8 Å². The number of aromatic carboxylic acids is 1. The van der Waals surface area contributed by atoms with Crippen LogP contribution in [0.2, 0.25) is 5.02 Å². The summed E-state index contributed by atoms with van der Waals surface area (Å²) in [5.41, 5.74) is 1.06. The zero-order chi connectivity index (χ0) is 18.8. The molecule has 1 aliphatic heterocycles. The number of rotatable bonds is 5. The van der Waals surface area contributed by atoms with Gasteiger partial charge in [-0.05, 0) is 42.5 Å². The topological polar surface area (TPSA) is 95.9 Å². The predicted molar refractivity (Wildman–Crippen MR) is 95.9 cm³/mol. The zero-order valence-electron chi connectivity index (χ0n) is 13.7. The number of nitrogens with zero attached hydrogens (tertiary/aromatic N) is 1. The summed E-state index contributed by atoms with van der Waals surface area (Å²) >= 11 is 6.07. The maximum Gasteiger partial charge on any atom is 0.335 e. The van der Waals surface area contributed by atoms with Gasteiger partial charge >= 0.3 is 5.97 Å². The molecule has 2 amide bonds. The molecule has 1 unspecified atom stereocenters. The Morgan fingerprint density at radius 1 is 1.23 bits per heavy atom. The fraction of sp³-hybridized carbons (Fsp3) is 0.167. The number of halogens is 1. The lowest BCUT2D eigenvalue weighted by molar-refractivity contribution is -0.121. The number of nitrogens with one attached hydrogen (secondary N) is 1. The second-order valence-corrected chi connectivity index (χ2v) is 6.08. The SMILES string of the molecule is COc1ccc(N2C(=O)CC(Nc3ccc(C(=O)O)cc3)C2=O)cc1Cl. The Hall–Kier alpha value is -3.06. The van der Waals surface area contributed by atoms with Crippen molar-refractivity contribution in [2.24, 2.45) is 0 Å². The molecule has 134 valence electrons. The summed E-state index contributed by atoms with van der Waals surface area (Å²) < 4.78 is 5.07. The minimum absolute atomic E-state index is 0.0108. The van der Waals surface area contributed by atoms with Crippen molar-refractivity contribution < 1.29 is 24.2 Å². The molecule has 1 atom stereocenters. The molecule has 1 aliphatic rings. The quantitative estimate of drug-likeness (QED) is 0.781. The molecule has 1 fully saturated rings. The van der Waals surface area contributed by atoms with Crippen molar-refractivity contribution >= 4 is 40.8 Å². The van der Waals surface area contributed by atoms with Gasteiger partial charge in [-0.2, -0.15) is 0 Å². The van der Waals surface area contributed by atoms with Crippen LogP contribution in [0.1, 0.15) is 16.8 Å². The Kier molecular flexibility index (Phi) is 4.81. The number of carbonyl (C=O) groups excluding carboxylic acids is 2. The number of methoxy groups -OCH3 is 1. The van der Waals surface area contributed by atoms with Gasteiger partial charge in [0.1, 0.15) is 11.8 Å². The fourth-order valence-electron chi connectivity index (χ4n) is 2.72. The smallest absolute Gasteiger partial charge is 0.335 e. The third-order valence-corrected chi connectivity index (χ3v) is 4.31. The van der Waals surface area contributed by atoms with Crippen LogP contribution in [0.5, 0.6) is 5.75 Å². The van der Waals surface area contributed by atoms with Crippen molar-refractivity contribution in [1.29, 1.82) is 0 Å². The molecule has 2 N–H and O–H groups in total. The minimum atomic E-state index is -1.04. The van der Waals surface area contributed by atoms with Crippen LogP contribution < -0.4 is 15.0 Å². The maximum absolute atomic E-state index is 12.6. The fourth-order valence-corrected chi connectivity index (χ4v) is 2.97. The number of carboxylic acids is 1. The van der Waals surface area contributed by atoms with E-state index in [1.807, 2.05) is 0 Å². The van der Waals surface area contributed by atoms with E-state index >= 15 is 0 Å². The van der Waals surface area contributed by atoms with Gasteiger partial charge in [-0.15, -0.1) is 0 Å². The van der Waals surface area contributed by atoms with E-state index in [1.165, 1.54) is 25.3 Å². The molecular weight excluding hydrogens is 360 g/mol. The van der Waals surface area contributed by atoms with Gasteiger partial charge < -0.3 is 15.2 Å². The van der Waals surface area contributed by atoms with E-state index in [2.05, 4.69) is 5.32 Å². The van der Waals surface area contributed by atoms with Crippen LogP contribution in [-0.2, 0) is 9.59 Å². The average molecular weight is 375 g/mol. The molecule has 0 aromatic heterocycles. The highest BCUT2D eigenvalue weighted by molar-refractivity contribution is 6.33. The van der Waals surface area contributed by atoms with Gasteiger partial charge in [-0.3, -0.25) is 9.59 Å². The van der Waals surface area contributed by atoms with E-state index in [0.29, 0.717) is 22.1 Å². The second-order valence-electron chi connectivity index (χ2n) is 5.67. The van der Waals surface area contributed by atoms with E-state index in [0.717, 1.165) is 4.90 Å². The molecule has 0 saturated carbocycles. The first-order valence-electron chi connectivity index (χ1n) is 7.71. The van der Waals surface area contributed by atoms with Gasteiger partial charge in [0.15, 0.2) is 0 Å². The molecule has 8 heteroatoms. The summed E-state index contributed by atoms with van der Waals surface area (Å²) in [7, 11) is 1.47. The molecule has 0 radical (unpaired) electrons. The maximum atomic E-state index is 12.6. The largest absolute Gasteiger partial charge is 0.495 e. The van der Waals surface area contributed by atoms with Gasteiger partial charge in [0.25, 0.3) is 5.91 Å². The number of imide groups is 1. The summed E-state index contributed by atoms with van der Waals surface area (Å²) in [5.74, 6) is -1.34. The molecular formula is C18H15ClN2O5. The highest BCUT2D eigenvalue weighted by atomic mass is 35.5. The number of anilines is 2. The number of carboxylic acid groups (broad SMARTS) is 1. The minimum Gasteiger partial charge on any atom is -0.495 e. The Morgan fingerprint density at radius 2 is 1.92 bits per heavy atom. The van der Waals surface area contributed by atoms with E-state index < -0.39 is 17.9 Å². The molecule has 0 aliphatic carbocycles. The second kappa shape index (κ2) is 7.05. The Labute approximate surface area is 154 Å². The van der Waals surface area contributed by atoms with E-state index in [-0.39, 0.29) is 17.9 Å². The van der Waals surface area contributed by atoms with Crippen LogP contribution >= 0.6 is 11.6 Å². The predicted octanol–water partition coefficient (Wildman–Crippen LogP) is 2.79. The Balaban J connectivity index is 1.78. The summed E-state index contributed by atoms with van der Waals surface area (Å²) in [6.45, 7) is 0. The first-order valence-corrected chi connectivity index (χ1v) is 8.08. The molecule has 0 spiro atoms. The Morgan fingerprint density at radius 3 is 2.50 bits per heavy atom. The lowest BCUT2D eigenvalue weighted by Gasteiger charge is -2.17. The number of hydrogen-bond acceptors (Lipinski definition) is 5. The molecule has 3 rings (SSSR count). The first-order chi connectivity index (χ1) is 12.4. The number of ether oxygens (including phenoxy) is 1. The molecule has 26 heavy (non-hydrogen) atoms. The van der Waals surface area contributed by atoms with E-state index in [9.17, 15) is 14.4 Å². The third kappa shape index (κ3) is 3.34. The summed E-state index contributed by atoms with van der Waals surface area (Å²) in [6.07, 6.45) is -0.0108. The van der Waals surface area contributed by atoms with Gasteiger partial charge in [0.2, 0.25) is 5.91 Å². The molecule has 1 heterocycles. The number of hydrogen-bond donors (Lipinski definition) is 2. The lowest BCUT2D eigenvalue weighted by Crippen LogP contribution is -2.34. The normalized spacial score (nSPS) is 16.7. The van der Waals surface area contributed by atoms with Gasteiger partial charge in [-0.25, -0.2) is 9.69 Å². The molecule has 7 nitrogen and oxygen atoms in total. The standard InChI is InChI=1S/C18H15ClN2O5/c1-26-15-7-6-12(8-13(15)19)21-16(22)9-14(17(21)23)20-11-4-2-10(3-5-11)18(24)25/h2-8,14,20H,9H2,1H3,(H,24,25). The van der Waals surface area contributed by atoms with Crippen LogP contribution in [0, 0.1) is 0 Å². The summed E-state index contributed by atoms with van der Waals surface area (Å²) in [4.78, 5) is 36.9. The highest BCUT2D eigenvalue weighted by Crippen LogP contribution is 2.32. The van der Waals surface area contributed by atoms with Crippen molar-refractivity contribution in [1.82, 2.24) is 0 Å². The average Bonchev–Trinajstić information content (AvgIpc) is 2.89. The number of carbonyl (C=O) groups is 3. The van der Waals surface area contributed by atoms with Crippen LogP contribution in [0.15, 0.2) is 42.5 Å². The van der Waals surface area contributed by atoms with Crippen molar-refractivity contribution in [3.05, 3.63) is 53.1 Å². The van der Waals surface area contributed by atoms with Gasteiger partial charge in [-0.1, -0.05) is 11.6 Å². The summed E-state index contributed by atoms with van der Waals surface area (Å²) in [5, 5.41) is 12.2. The number of benzene rings is 2. The molecule has 1 saturated heterocycles. The van der Waals surface area contributed by atoms with Crippen LogP contribution in [-0.4, -0.2) is 36.0 Å². The molecule has 0 bridgehead atoms. The number of amides is 2. The van der Waals surface area contributed by atoms with Gasteiger partial charge in [0, 0.05) is 5.69 Å². The van der Waals surface area contributed by atoms with E-state index in [4.69, 9.17) is 21.4 Å².